The Balaban J connectivity index is 1.70. The number of hydrogen-bond acceptors (Lipinski definition) is 5. The van der Waals surface area contributed by atoms with Crippen molar-refractivity contribution in [3.63, 3.8) is 0 Å². The molecule has 27 heavy (non-hydrogen) atoms. The van der Waals surface area contributed by atoms with E-state index >= 15 is 0 Å². The molecule has 3 heterocycles. The number of anilines is 1. The van der Waals surface area contributed by atoms with E-state index in [1.807, 2.05) is 0 Å². The zero-order chi connectivity index (χ0) is 18.6. The predicted octanol–water partition coefficient (Wildman–Crippen LogP) is 2.75. The van der Waals surface area contributed by atoms with Crippen LogP contribution in [0.15, 0.2) is 30.5 Å². The van der Waals surface area contributed by atoms with Gasteiger partial charge in [0.1, 0.15) is 17.2 Å². The number of halogens is 1. The molecule has 1 amide bonds. The van der Waals surface area contributed by atoms with Gasteiger partial charge in [0.15, 0.2) is 5.82 Å². The van der Waals surface area contributed by atoms with E-state index in [4.69, 9.17) is 9.72 Å². The van der Waals surface area contributed by atoms with Gasteiger partial charge < -0.3 is 14.5 Å². The number of morpholine rings is 1. The number of nitrogens with zero attached hydrogens (tertiary/aromatic N) is 4. The number of benzene rings is 1. The van der Waals surface area contributed by atoms with Gasteiger partial charge in [-0.2, -0.15) is 0 Å². The number of ether oxygens (including phenoxy) is 1. The fourth-order valence-electron chi connectivity index (χ4n) is 3.55. The second kappa shape index (κ2) is 8.00. The third-order valence-corrected chi connectivity index (χ3v) is 5.06. The third kappa shape index (κ3) is 3.93. The monoisotopic (exact) mass is 370 g/mol. The normalized spacial score (nSPS) is 17.8. The molecule has 1 aromatic heterocycles. The minimum absolute atomic E-state index is 0.0514. The van der Waals surface area contributed by atoms with Gasteiger partial charge in [-0.1, -0.05) is 0 Å². The zero-order valence-electron chi connectivity index (χ0n) is 15.2. The van der Waals surface area contributed by atoms with E-state index in [2.05, 4.69) is 9.88 Å². The van der Waals surface area contributed by atoms with Crippen LogP contribution in [0.5, 0.6) is 0 Å². The van der Waals surface area contributed by atoms with Gasteiger partial charge in [0.2, 0.25) is 0 Å². The largest absolute Gasteiger partial charge is 0.378 e. The molecule has 6 nitrogen and oxygen atoms in total. The fraction of sp³-hybridized carbons (Fsp3) is 0.450. The number of hydrogen-bond donors (Lipinski definition) is 0. The minimum Gasteiger partial charge on any atom is -0.378 e. The first-order chi connectivity index (χ1) is 13.2. The van der Waals surface area contributed by atoms with Gasteiger partial charge in [-0.3, -0.25) is 4.79 Å². The summed E-state index contributed by atoms with van der Waals surface area (Å²) < 4.78 is 18.6. The molecule has 2 aliphatic rings. The van der Waals surface area contributed by atoms with Crippen LogP contribution < -0.4 is 4.90 Å². The lowest BCUT2D eigenvalue weighted by molar-refractivity contribution is 0.0302. The Hall–Kier alpha value is -2.54. The molecule has 0 saturated carbocycles. The average molecular weight is 370 g/mol. The van der Waals surface area contributed by atoms with Crippen molar-refractivity contribution in [3.05, 3.63) is 41.8 Å². The number of carbonyl (C=O) groups is 1. The van der Waals surface area contributed by atoms with E-state index in [0.29, 0.717) is 43.5 Å². The summed E-state index contributed by atoms with van der Waals surface area (Å²) in [5.74, 6) is 0.841. The Labute approximate surface area is 158 Å². The van der Waals surface area contributed by atoms with Gasteiger partial charge in [0, 0.05) is 37.9 Å². The molecule has 0 unspecified atom stereocenters. The highest BCUT2D eigenvalue weighted by molar-refractivity contribution is 5.99. The van der Waals surface area contributed by atoms with Crippen LogP contribution in [-0.2, 0) is 4.74 Å². The maximum atomic E-state index is 13.2. The van der Waals surface area contributed by atoms with Crippen molar-refractivity contribution in [2.24, 2.45) is 0 Å². The van der Waals surface area contributed by atoms with Crippen LogP contribution >= 0.6 is 0 Å². The van der Waals surface area contributed by atoms with Crippen LogP contribution in [0.1, 0.15) is 29.6 Å². The summed E-state index contributed by atoms with van der Waals surface area (Å²) >= 11 is 0. The fourth-order valence-corrected chi connectivity index (χ4v) is 3.55. The lowest BCUT2D eigenvalue weighted by Crippen LogP contribution is -2.42. The lowest BCUT2D eigenvalue weighted by atomic mass is 10.1. The molecule has 0 atom stereocenters. The highest BCUT2D eigenvalue weighted by Crippen LogP contribution is 2.26. The molecule has 2 aliphatic heterocycles. The molecule has 142 valence electrons. The summed E-state index contributed by atoms with van der Waals surface area (Å²) in [7, 11) is 0. The van der Waals surface area contributed by atoms with E-state index in [1.54, 1.807) is 23.2 Å². The molecular formula is C20H23FN4O2. The van der Waals surface area contributed by atoms with E-state index < -0.39 is 0 Å². The van der Waals surface area contributed by atoms with Crippen molar-refractivity contribution in [2.75, 3.05) is 44.3 Å². The number of carbonyl (C=O) groups excluding carboxylic acids is 1. The van der Waals surface area contributed by atoms with Crippen molar-refractivity contribution in [2.45, 2.75) is 19.3 Å². The highest BCUT2D eigenvalue weighted by Gasteiger charge is 2.26. The zero-order valence-corrected chi connectivity index (χ0v) is 15.2. The summed E-state index contributed by atoms with van der Waals surface area (Å²) in [4.78, 5) is 26.2. The molecule has 1 aromatic carbocycles. The Morgan fingerprint density at radius 1 is 1.00 bits per heavy atom. The number of rotatable bonds is 3. The van der Waals surface area contributed by atoms with E-state index in [-0.39, 0.29) is 11.7 Å². The molecule has 0 N–H and O–H groups in total. The third-order valence-electron chi connectivity index (χ3n) is 5.06. The van der Waals surface area contributed by atoms with E-state index in [0.717, 1.165) is 31.5 Å². The SMILES string of the molecule is O=C(c1cnc(-c2ccc(F)cc2)nc1N1CCCCC1)N1CCOCC1. The number of amides is 1. The summed E-state index contributed by atoms with van der Waals surface area (Å²) in [6.07, 6.45) is 4.98. The second-order valence-electron chi connectivity index (χ2n) is 6.89. The summed E-state index contributed by atoms with van der Waals surface area (Å²) in [5, 5.41) is 0. The first-order valence-electron chi connectivity index (χ1n) is 9.47. The molecule has 0 bridgehead atoms. The van der Waals surface area contributed by atoms with Crippen molar-refractivity contribution < 1.29 is 13.9 Å². The molecule has 2 saturated heterocycles. The van der Waals surface area contributed by atoms with E-state index in [9.17, 15) is 9.18 Å². The first kappa shape index (κ1) is 17.9. The molecule has 2 aromatic rings. The Bertz CT molecular complexity index is 800. The first-order valence-corrected chi connectivity index (χ1v) is 9.47. The standard InChI is InChI=1S/C20H23FN4O2/c21-16-6-4-15(5-7-16)18-22-14-17(20(26)25-10-12-27-13-11-25)19(23-18)24-8-2-1-3-9-24/h4-7,14H,1-3,8-13H2. The molecule has 0 aliphatic carbocycles. The maximum absolute atomic E-state index is 13.2. The van der Waals surface area contributed by atoms with Crippen LogP contribution in [-0.4, -0.2) is 60.2 Å². The van der Waals surface area contributed by atoms with Gasteiger partial charge in [-0.15, -0.1) is 0 Å². The topological polar surface area (TPSA) is 58.6 Å². The Kier molecular flexibility index (Phi) is 5.29. The highest BCUT2D eigenvalue weighted by atomic mass is 19.1. The van der Waals surface area contributed by atoms with Crippen LogP contribution in [0, 0.1) is 5.82 Å². The molecular weight excluding hydrogens is 347 g/mol. The molecule has 0 spiro atoms. The molecule has 7 heteroatoms. The van der Waals surface area contributed by atoms with Crippen LogP contribution in [0.4, 0.5) is 10.2 Å². The average Bonchev–Trinajstić information content (AvgIpc) is 2.75. The van der Waals surface area contributed by atoms with Crippen molar-refractivity contribution in [1.82, 2.24) is 14.9 Å². The van der Waals surface area contributed by atoms with Crippen molar-refractivity contribution >= 4 is 11.7 Å². The van der Waals surface area contributed by atoms with Crippen LogP contribution in [0.3, 0.4) is 0 Å². The molecule has 2 fully saturated rings. The Morgan fingerprint density at radius 3 is 2.41 bits per heavy atom. The van der Waals surface area contributed by atoms with Gasteiger partial charge >= 0.3 is 0 Å². The summed E-state index contributed by atoms with van der Waals surface area (Å²) in [5.41, 5.74) is 1.27. The predicted molar refractivity (Wildman–Crippen MR) is 100 cm³/mol. The van der Waals surface area contributed by atoms with Crippen LogP contribution in [0.2, 0.25) is 0 Å². The molecule has 0 radical (unpaired) electrons. The summed E-state index contributed by atoms with van der Waals surface area (Å²) in [6, 6.07) is 6.11. The maximum Gasteiger partial charge on any atom is 0.259 e. The molecule has 4 rings (SSSR count). The smallest absolute Gasteiger partial charge is 0.259 e. The van der Waals surface area contributed by atoms with Crippen LogP contribution in [0.25, 0.3) is 11.4 Å². The van der Waals surface area contributed by atoms with Gasteiger partial charge in [-0.25, -0.2) is 14.4 Å². The van der Waals surface area contributed by atoms with Crippen molar-refractivity contribution in [1.29, 1.82) is 0 Å². The minimum atomic E-state index is -0.297. The Morgan fingerprint density at radius 2 is 1.70 bits per heavy atom. The van der Waals surface area contributed by atoms with E-state index in [1.165, 1.54) is 18.6 Å². The van der Waals surface area contributed by atoms with Crippen molar-refractivity contribution in [3.8, 4) is 11.4 Å². The van der Waals surface area contributed by atoms with Gasteiger partial charge in [-0.05, 0) is 43.5 Å². The number of piperidine rings is 1. The second-order valence-corrected chi connectivity index (χ2v) is 6.89. The van der Waals surface area contributed by atoms with Gasteiger partial charge in [0.05, 0.1) is 13.2 Å². The quantitative estimate of drug-likeness (QED) is 0.832. The van der Waals surface area contributed by atoms with Gasteiger partial charge in [0.25, 0.3) is 5.91 Å². The number of aromatic nitrogens is 2. The summed E-state index contributed by atoms with van der Waals surface area (Å²) in [6.45, 7) is 4.03. The lowest BCUT2D eigenvalue weighted by Gasteiger charge is -2.31.